The summed E-state index contributed by atoms with van der Waals surface area (Å²) in [5.41, 5.74) is 0.798. The van der Waals surface area contributed by atoms with Crippen LogP contribution in [0.2, 0.25) is 0 Å². The first-order valence-electron chi connectivity index (χ1n) is 6.71. The fraction of sp³-hybridized carbons (Fsp3) is 0.267. The number of rotatable bonds is 3. The number of amides is 2. The summed E-state index contributed by atoms with van der Waals surface area (Å²) in [7, 11) is 0. The lowest BCUT2D eigenvalue weighted by Crippen LogP contribution is -2.53. The predicted octanol–water partition coefficient (Wildman–Crippen LogP) is 1.90. The van der Waals surface area contributed by atoms with Crippen LogP contribution in [-0.4, -0.2) is 28.2 Å². The Morgan fingerprint density at radius 2 is 2.10 bits per heavy atom. The van der Waals surface area contributed by atoms with E-state index < -0.39 is 6.04 Å². The molecule has 2 unspecified atom stereocenters. The van der Waals surface area contributed by atoms with Gasteiger partial charge in [0.25, 0.3) is 5.91 Å². The van der Waals surface area contributed by atoms with Crippen LogP contribution >= 0.6 is 11.3 Å². The van der Waals surface area contributed by atoms with Crippen LogP contribution in [0, 0.1) is 0 Å². The normalized spacial score (nSPS) is 20.2. The lowest BCUT2D eigenvalue weighted by molar-refractivity contribution is -0.146. The summed E-state index contributed by atoms with van der Waals surface area (Å²) in [6.45, 7) is 1.97. The number of nitrogens with zero attached hydrogens (tertiary/aromatic N) is 2. The maximum absolute atomic E-state index is 12.7. The second-order valence-corrected chi connectivity index (χ2v) is 5.85. The van der Waals surface area contributed by atoms with Crippen LogP contribution in [0.1, 0.15) is 29.6 Å². The summed E-state index contributed by atoms with van der Waals surface area (Å²) in [6.07, 6.45) is 1.71. The Bertz CT molecular complexity index is 642. The summed E-state index contributed by atoms with van der Waals surface area (Å²) < 4.78 is 0. The van der Waals surface area contributed by atoms with Crippen LogP contribution in [0.3, 0.4) is 0 Å². The first-order valence-corrected chi connectivity index (χ1v) is 7.59. The molecule has 2 heterocycles. The number of thiazole rings is 1. The molecule has 0 radical (unpaired) electrons. The van der Waals surface area contributed by atoms with Gasteiger partial charge in [-0.25, -0.2) is 4.98 Å². The molecule has 2 atom stereocenters. The third kappa shape index (κ3) is 2.67. The molecule has 1 aromatic heterocycles. The molecule has 0 spiro atoms. The van der Waals surface area contributed by atoms with Crippen LogP contribution in [-0.2, 0) is 9.59 Å². The third-order valence-electron chi connectivity index (χ3n) is 3.56. The highest BCUT2D eigenvalue weighted by molar-refractivity contribution is 7.09. The smallest absolute Gasteiger partial charge is 0.250 e. The summed E-state index contributed by atoms with van der Waals surface area (Å²) >= 11 is 1.49. The number of piperazine rings is 1. The van der Waals surface area contributed by atoms with Crippen LogP contribution in [0.25, 0.3) is 0 Å². The Labute approximate surface area is 126 Å². The van der Waals surface area contributed by atoms with Crippen molar-refractivity contribution in [3.63, 3.8) is 0 Å². The van der Waals surface area contributed by atoms with Crippen molar-refractivity contribution in [2.45, 2.75) is 19.0 Å². The molecular formula is C15H15N3O2S. The van der Waals surface area contributed by atoms with E-state index in [2.05, 4.69) is 10.3 Å². The number of hydrogen-bond donors (Lipinski definition) is 1. The SMILES string of the molecule is CC(c1nccs1)N1CC(=O)NC(c2ccccc2)C1=O. The number of benzene rings is 1. The molecule has 0 saturated carbocycles. The first kappa shape index (κ1) is 13.8. The summed E-state index contributed by atoms with van der Waals surface area (Å²) in [5.74, 6) is -0.240. The number of aromatic nitrogens is 1. The highest BCUT2D eigenvalue weighted by Gasteiger charge is 2.37. The fourth-order valence-corrected chi connectivity index (χ4v) is 3.15. The first-order chi connectivity index (χ1) is 10.2. The summed E-state index contributed by atoms with van der Waals surface area (Å²) in [6, 6.07) is 8.48. The van der Waals surface area contributed by atoms with Crippen molar-refractivity contribution < 1.29 is 9.59 Å². The van der Waals surface area contributed by atoms with Gasteiger partial charge in [-0.3, -0.25) is 9.59 Å². The Morgan fingerprint density at radius 3 is 2.76 bits per heavy atom. The van der Waals surface area contributed by atoms with E-state index in [0.717, 1.165) is 10.6 Å². The average molecular weight is 301 g/mol. The average Bonchev–Trinajstić information content (AvgIpc) is 3.04. The highest BCUT2D eigenvalue weighted by atomic mass is 32.1. The van der Waals surface area contributed by atoms with Crippen molar-refractivity contribution >= 4 is 23.2 Å². The maximum Gasteiger partial charge on any atom is 0.250 e. The highest BCUT2D eigenvalue weighted by Crippen LogP contribution is 2.28. The zero-order valence-electron chi connectivity index (χ0n) is 11.5. The van der Waals surface area contributed by atoms with Gasteiger partial charge in [0.15, 0.2) is 0 Å². The van der Waals surface area contributed by atoms with Gasteiger partial charge in [-0.15, -0.1) is 11.3 Å². The molecule has 0 aliphatic carbocycles. The molecule has 21 heavy (non-hydrogen) atoms. The molecule has 1 saturated heterocycles. The van der Waals surface area contributed by atoms with Gasteiger partial charge in [0.05, 0.1) is 6.04 Å². The van der Waals surface area contributed by atoms with Crippen LogP contribution in [0.4, 0.5) is 0 Å². The molecule has 108 valence electrons. The van der Waals surface area contributed by atoms with E-state index in [1.54, 1.807) is 11.1 Å². The van der Waals surface area contributed by atoms with E-state index in [-0.39, 0.29) is 24.4 Å². The van der Waals surface area contributed by atoms with E-state index in [0.29, 0.717) is 0 Å². The van der Waals surface area contributed by atoms with Crippen molar-refractivity contribution in [3.8, 4) is 0 Å². The van der Waals surface area contributed by atoms with Crippen LogP contribution in [0.5, 0.6) is 0 Å². The zero-order valence-corrected chi connectivity index (χ0v) is 12.3. The Kier molecular flexibility index (Phi) is 3.70. The molecule has 1 aliphatic rings. The number of carbonyl (C=O) groups excluding carboxylic acids is 2. The van der Waals surface area contributed by atoms with E-state index in [4.69, 9.17) is 0 Å². The minimum absolute atomic E-state index is 0.0723. The summed E-state index contributed by atoms with van der Waals surface area (Å²) in [4.78, 5) is 30.5. The lowest BCUT2D eigenvalue weighted by atomic mass is 10.0. The number of hydrogen-bond acceptors (Lipinski definition) is 4. The van der Waals surface area contributed by atoms with E-state index in [1.807, 2.05) is 42.6 Å². The predicted molar refractivity (Wildman–Crippen MR) is 79.6 cm³/mol. The molecule has 0 bridgehead atoms. The van der Waals surface area contributed by atoms with Crippen molar-refractivity contribution in [2.24, 2.45) is 0 Å². The van der Waals surface area contributed by atoms with Gasteiger partial charge in [0.1, 0.15) is 17.6 Å². The van der Waals surface area contributed by atoms with Crippen LogP contribution in [0.15, 0.2) is 41.9 Å². The molecule has 1 aliphatic heterocycles. The van der Waals surface area contributed by atoms with Gasteiger partial charge < -0.3 is 10.2 Å². The van der Waals surface area contributed by atoms with Gasteiger partial charge >= 0.3 is 0 Å². The van der Waals surface area contributed by atoms with Gasteiger partial charge in [-0.1, -0.05) is 30.3 Å². The number of carbonyl (C=O) groups is 2. The third-order valence-corrected chi connectivity index (χ3v) is 4.50. The Morgan fingerprint density at radius 1 is 1.33 bits per heavy atom. The quantitative estimate of drug-likeness (QED) is 0.942. The largest absolute Gasteiger partial charge is 0.339 e. The molecule has 5 nitrogen and oxygen atoms in total. The van der Waals surface area contributed by atoms with E-state index in [1.165, 1.54) is 11.3 Å². The van der Waals surface area contributed by atoms with Gasteiger partial charge in [0, 0.05) is 11.6 Å². The van der Waals surface area contributed by atoms with Crippen molar-refractivity contribution in [1.82, 2.24) is 15.2 Å². The second kappa shape index (κ2) is 5.65. The van der Waals surface area contributed by atoms with Crippen molar-refractivity contribution in [1.29, 1.82) is 0 Å². The van der Waals surface area contributed by atoms with E-state index in [9.17, 15) is 9.59 Å². The minimum Gasteiger partial charge on any atom is -0.339 e. The monoisotopic (exact) mass is 301 g/mol. The minimum atomic E-state index is -0.616. The molecule has 2 amide bonds. The Balaban J connectivity index is 1.88. The van der Waals surface area contributed by atoms with Gasteiger partial charge in [-0.2, -0.15) is 0 Å². The molecule has 1 aromatic carbocycles. The zero-order chi connectivity index (χ0) is 14.8. The molecular weight excluding hydrogens is 286 g/mol. The standard InChI is InChI=1S/C15H15N3O2S/c1-10(14-16-7-8-21-14)18-9-12(19)17-13(15(18)20)11-5-3-2-4-6-11/h2-8,10,13H,9H2,1H3,(H,17,19). The van der Waals surface area contributed by atoms with Crippen LogP contribution < -0.4 is 5.32 Å². The maximum atomic E-state index is 12.7. The van der Waals surface area contributed by atoms with Crippen molar-refractivity contribution in [3.05, 3.63) is 52.5 Å². The molecule has 2 aromatic rings. The molecule has 1 N–H and O–H groups in total. The summed E-state index contributed by atoms with van der Waals surface area (Å²) in [5, 5.41) is 5.47. The van der Waals surface area contributed by atoms with Crippen molar-refractivity contribution in [2.75, 3.05) is 6.54 Å². The molecule has 6 heteroatoms. The Hall–Kier alpha value is -2.21. The number of nitrogens with one attached hydrogen (secondary N) is 1. The van der Waals surface area contributed by atoms with Gasteiger partial charge in [-0.05, 0) is 12.5 Å². The fourth-order valence-electron chi connectivity index (χ4n) is 2.44. The molecule has 3 rings (SSSR count). The van der Waals surface area contributed by atoms with Gasteiger partial charge in [0.2, 0.25) is 5.91 Å². The lowest BCUT2D eigenvalue weighted by Gasteiger charge is -2.35. The van der Waals surface area contributed by atoms with E-state index >= 15 is 0 Å². The molecule has 1 fully saturated rings. The topological polar surface area (TPSA) is 62.3 Å². The second-order valence-electron chi connectivity index (χ2n) is 4.92.